The summed E-state index contributed by atoms with van der Waals surface area (Å²) in [6.07, 6.45) is 0.312. The second kappa shape index (κ2) is 6.50. The van der Waals surface area contributed by atoms with Crippen molar-refractivity contribution in [1.29, 1.82) is 5.26 Å². The number of amides is 2. The van der Waals surface area contributed by atoms with Gasteiger partial charge < -0.3 is 10.6 Å². The Bertz CT molecular complexity index is 840. The number of carbonyl (C=O) groups is 2. The Morgan fingerprint density at radius 3 is 2.75 bits per heavy atom. The molecule has 1 atom stereocenters. The molecule has 3 rings (SSSR count). The molecule has 2 aromatic rings. The largest absolute Gasteiger partial charge is 0.326 e. The summed E-state index contributed by atoms with van der Waals surface area (Å²) in [6, 6.07) is 13.0. The highest BCUT2D eigenvalue weighted by atomic mass is 19.1. The van der Waals surface area contributed by atoms with Crippen molar-refractivity contribution in [1.82, 2.24) is 0 Å². The van der Waals surface area contributed by atoms with E-state index in [-0.39, 0.29) is 18.2 Å². The van der Waals surface area contributed by atoms with Crippen LogP contribution in [-0.4, -0.2) is 11.8 Å². The number of nitrogens with one attached hydrogen (secondary N) is 2. The van der Waals surface area contributed by atoms with Crippen molar-refractivity contribution >= 4 is 23.2 Å². The summed E-state index contributed by atoms with van der Waals surface area (Å²) in [5.74, 6) is -1.79. The smallest absolute Gasteiger partial charge is 0.232 e. The van der Waals surface area contributed by atoms with Crippen LogP contribution in [0.2, 0.25) is 0 Å². The van der Waals surface area contributed by atoms with E-state index in [2.05, 4.69) is 16.7 Å². The van der Waals surface area contributed by atoms with Crippen LogP contribution < -0.4 is 10.6 Å². The summed E-state index contributed by atoms with van der Waals surface area (Å²) >= 11 is 0. The van der Waals surface area contributed by atoms with Gasteiger partial charge in [-0.2, -0.15) is 5.26 Å². The number of hydrogen-bond acceptors (Lipinski definition) is 3. The van der Waals surface area contributed by atoms with Crippen LogP contribution in [0.25, 0.3) is 0 Å². The van der Waals surface area contributed by atoms with Gasteiger partial charge in [-0.05, 0) is 35.4 Å². The van der Waals surface area contributed by atoms with Gasteiger partial charge in [-0.25, -0.2) is 4.39 Å². The van der Waals surface area contributed by atoms with Gasteiger partial charge in [0.15, 0.2) is 0 Å². The highest BCUT2D eigenvalue weighted by Gasteiger charge is 2.30. The third-order valence-corrected chi connectivity index (χ3v) is 3.88. The Hall–Kier alpha value is -3.20. The summed E-state index contributed by atoms with van der Waals surface area (Å²) in [7, 11) is 0. The molecule has 1 heterocycles. The predicted molar refractivity (Wildman–Crippen MR) is 86.8 cm³/mol. The minimum atomic E-state index is -0.673. The number of hydrogen-bond donors (Lipinski definition) is 2. The topological polar surface area (TPSA) is 82.0 Å². The van der Waals surface area contributed by atoms with E-state index in [0.717, 1.165) is 5.56 Å². The maximum Gasteiger partial charge on any atom is 0.232 e. The molecule has 0 spiro atoms. The number of benzene rings is 2. The van der Waals surface area contributed by atoms with Gasteiger partial charge in [0.05, 0.1) is 18.4 Å². The van der Waals surface area contributed by atoms with Gasteiger partial charge in [0.25, 0.3) is 0 Å². The molecule has 120 valence electrons. The molecule has 0 saturated heterocycles. The summed E-state index contributed by atoms with van der Waals surface area (Å²) in [5, 5.41) is 14.0. The molecule has 2 N–H and O–H groups in total. The van der Waals surface area contributed by atoms with Gasteiger partial charge >= 0.3 is 0 Å². The lowest BCUT2D eigenvalue weighted by Gasteiger charge is -2.24. The molecule has 0 bridgehead atoms. The molecular formula is C18H14FN3O2. The molecular weight excluding hydrogens is 309 g/mol. The fraction of sp³-hybridized carbons (Fsp3) is 0.167. The van der Waals surface area contributed by atoms with E-state index in [0.29, 0.717) is 23.4 Å². The van der Waals surface area contributed by atoms with E-state index in [4.69, 9.17) is 5.26 Å². The average molecular weight is 323 g/mol. The van der Waals surface area contributed by atoms with Gasteiger partial charge in [0.1, 0.15) is 5.82 Å². The highest BCUT2D eigenvalue weighted by Crippen LogP contribution is 2.33. The Balaban J connectivity index is 1.80. The van der Waals surface area contributed by atoms with E-state index >= 15 is 0 Å². The number of carbonyl (C=O) groups excluding carboxylic acids is 2. The Kier molecular flexibility index (Phi) is 4.25. The number of rotatable bonds is 3. The number of anilines is 2. The van der Waals surface area contributed by atoms with Crippen LogP contribution in [-0.2, 0) is 16.0 Å². The molecule has 1 aliphatic heterocycles. The lowest BCUT2D eigenvalue weighted by molar-refractivity contribution is -0.123. The lowest BCUT2D eigenvalue weighted by atomic mass is 9.89. The van der Waals surface area contributed by atoms with Crippen LogP contribution in [0.5, 0.6) is 0 Å². The second-order valence-electron chi connectivity index (χ2n) is 5.56. The summed E-state index contributed by atoms with van der Waals surface area (Å²) < 4.78 is 13.3. The van der Waals surface area contributed by atoms with Crippen molar-refractivity contribution in [2.24, 2.45) is 0 Å². The van der Waals surface area contributed by atoms with Crippen LogP contribution in [0.1, 0.15) is 23.5 Å². The summed E-state index contributed by atoms with van der Waals surface area (Å²) in [6.45, 7) is 0. The Morgan fingerprint density at radius 1 is 1.29 bits per heavy atom. The zero-order valence-electron chi connectivity index (χ0n) is 12.7. The van der Waals surface area contributed by atoms with Crippen molar-refractivity contribution in [2.75, 3.05) is 10.6 Å². The number of nitriles is 1. The summed E-state index contributed by atoms with van der Waals surface area (Å²) in [4.78, 5) is 24.3. The van der Waals surface area contributed by atoms with Crippen molar-refractivity contribution in [3.05, 3.63) is 59.4 Å². The summed E-state index contributed by atoms with van der Waals surface area (Å²) in [5.41, 5.74) is 2.36. The minimum Gasteiger partial charge on any atom is -0.326 e. The molecule has 24 heavy (non-hydrogen) atoms. The zero-order valence-corrected chi connectivity index (χ0v) is 12.7. The third kappa shape index (κ3) is 3.25. The standard InChI is InChI=1S/C18H14FN3O2/c19-12-3-6-14-15(10-17(23)22-16(14)9-12)18(24)21-13-4-1-11(2-5-13)7-8-20/h1-6,9,15H,7,10H2,(H,21,24)(H,22,23)/t15-/m1/s1. The highest BCUT2D eigenvalue weighted by molar-refractivity contribution is 6.05. The van der Waals surface area contributed by atoms with Crippen molar-refractivity contribution in [3.63, 3.8) is 0 Å². The fourth-order valence-corrected chi connectivity index (χ4v) is 2.70. The van der Waals surface area contributed by atoms with Gasteiger partial charge in [-0.15, -0.1) is 0 Å². The van der Waals surface area contributed by atoms with Crippen molar-refractivity contribution < 1.29 is 14.0 Å². The van der Waals surface area contributed by atoms with E-state index in [1.807, 2.05) is 0 Å². The van der Waals surface area contributed by atoms with E-state index in [9.17, 15) is 14.0 Å². The van der Waals surface area contributed by atoms with Crippen molar-refractivity contribution in [2.45, 2.75) is 18.8 Å². The first-order valence-corrected chi connectivity index (χ1v) is 7.43. The molecule has 0 aromatic heterocycles. The fourth-order valence-electron chi connectivity index (χ4n) is 2.70. The number of halogens is 1. The number of nitrogens with zero attached hydrogens (tertiary/aromatic N) is 1. The third-order valence-electron chi connectivity index (χ3n) is 3.88. The number of fused-ring (bicyclic) bond motifs is 1. The van der Waals surface area contributed by atoms with Crippen LogP contribution >= 0.6 is 0 Å². The average Bonchev–Trinajstić information content (AvgIpc) is 2.55. The van der Waals surface area contributed by atoms with Crippen LogP contribution in [0.15, 0.2) is 42.5 Å². The maximum atomic E-state index is 13.3. The van der Waals surface area contributed by atoms with Gasteiger partial charge in [0, 0.05) is 17.8 Å². The van der Waals surface area contributed by atoms with Gasteiger partial charge in [-0.1, -0.05) is 18.2 Å². The molecule has 0 unspecified atom stereocenters. The lowest BCUT2D eigenvalue weighted by Crippen LogP contribution is -2.30. The van der Waals surface area contributed by atoms with Gasteiger partial charge in [-0.3, -0.25) is 9.59 Å². The monoisotopic (exact) mass is 323 g/mol. The molecule has 0 radical (unpaired) electrons. The van der Waals surface area contributed by atoms with Crippen LogP contribution in [0.4, 0.5) is 15.8 Å². The van der Waals surface area contributed by atoms with E-state index in [1.54, 1.807) is 24.3 Å². The first-order chi connectivity index (χ1) is 11.6. The molecule has 2 aromatic carbocycles. The molecule has 0 saturated carbocycles. The van der Waals surface area contributed by atoms with E-state index in [1.165, 1.54) is 18.2 Å². The first-order valence-electron chi connectivity index (χ1n) is 7.43. The van der Waals surface area contributed by atoms with Crippen molar-refractivity contribution in [3.8, 4) is 6.07 Å². The zero-order chi connectivity index (χ0) is 17.1. The molecule has 6 heteroatoms. The second-order valence-corrected chi connectivity index (χ2v) is 5.56. The molecule has 1 aliphatic rings. The van der Waals surface area contributed by atoms with Crippen LogP contribution in [0.3, 0.4) is 0 Å². The normalized spacial score (nSPS) is 15.8. The molecule has 0 fully saturated rings. The predicted octanol–water partition coefficient (Wildman–Crippen LogP) is 2.96. The van der Waals surface area contributed by atoms with E-state index < -0.39 is 11.7 Å². The molecule has 2 amide bonds. The SMILES string of the molecule is N#CCc1ccc(NC(=O)[C@@H]2CC(=O)Nc3cc(F)ccc32)cc1. The van der Waals surface area contributed by atoms with Crippen LogP contribution in [0, 0.1) is 17.1 Å². The maximum absolute atomic E-state index is 13.3. The first kappa shape index (κ1) is 15.7. The Morgan fingerprint density at radius 2 is 2.04 bits per heavy atom. The minimum absolute atomic E-state index is 0.0109. The molecule has 5 nitrogen and oxygen atoms in total. The van der Waals surface area contributed by atoms with Gasteiger partial charge in [0.2, 0.25) is 11.8 Å². The molecule has 0 aliphatic carbocycles. The Labute approximate surface area is 138 Å². The quantitative estimate of drug-likeness (QED) is 0.911.